The molecule has 2 aromatic carbocycles. The summed E-state index contributed by atoms with van der Waals surface area (Å²) in [6.07, 6.45) is 1.98. The van der Waals surface area contributed by atoms with Gasteiger partial charge in [0.25, 0.3) is 0 Å². The van der Waals surface area contributed by atoms with Crippen LogP contribution in [0.5, 0.6) is 5.75 Å². The van der Waals surface area contributed by atoms with Crippen LogP contribution in [0.15, 0.2) is 54.1 Å². The van der Waals surface area contributed by atoms with Crippen LogP contribution in [0.3, 0.4) is 0 Å². The Morgan fingerprint density at radius 2 is 1.95 bits per heavy atom. The summed E-state index contributed by atoms with van der Waals surface area (Å²) >= 11 is 0. The molecule has 0 aromatic heterocycles. The summed E-state index contributed by atoms with van der Waals surface area (Å²) in [6, 6.07) is 13.1. The predicted molar refractivity (Wildman–Crippen MR) is 87.5 cm³/mol. The summed E-state index contributed by atoms with van der Waals surface area (Å²) in [5.74, 6) is 0.276. The number of benzene rings is 2. The zero-order chi connectivity index (χ0) is 15.7. The summed E-state index contributed by atoms with van der Waals surface area (Å²) in [5, 5.41) is 12.7. The Morgan fingerprint density at radius 3 is 2.55 bits per heavy atom. The van der Waals surface area contributed by atoms with E-state index in [4.69, 9.17) is 5.73 Å². The number of ketones is 1. The van der Waals surface area contributed by atoms with Gasteiger partial charge in [-0.25, -0.2) is 0 Å². The van der Waals surface area contributed by atoms with Gasteiger partial charge in [0.2, 0.25) is 0 Å². The van der Waals surface area contributed by atoms with E-state index in [9.17, 15) is 9.90 Å². The molecule has 1 unspecified atom stereocenters. The van der Waals surface area contributed by atoms with E-state index in [0.717, 1.165) is 22.3 Å². The highest BCUT2D eigenvalue weighted by molar-refractivity contribution is 5.94. The maximum Gasteiger partial charge on any atom is 0.156 e. The fourth-order valence-electron chi connectivity index (χ4n) is 2.68. The van der Waals surface area contributed by atoms with Gasteiger partial charge in [-0.15, -0.1) is 0 Å². The predicted octanol–water partition coefficient (Wildman–Crippen LogP) is 2.80. The maximum atomic E-state index is 11.4. The van der Waals surface area contributed by atoms with Gasteiger partial charge in [-0.3, -0.25) is 4.79 Å². The first-order valence-electron chi connectivity index (χ1n) is 7.18. The zero-order valence-corrected chi connectivity index (χ0v) is 12.3. The van der Waals surface area contributed by atoms with Crippen LogP contribution in [0.4, 0.5) is 5.69 Å². The van der Waals surface area contributed by atoms with Gasteiger partial charge in [0, 0.05) is 29.4 Å². The number of carbonyl (C=O) groups is 1. The summed E-state index contributed by atoms with van der Waals surface area (Å²) in [4.78, 5) is 11.4. The van der Waals surface area contributed by atoms with Gasteiger partial charge >= 0.3 is 0 Å². The second-order valence-corrected chi connectivity index (χ2v) is 5.50. The number of hydrogen-bond donors (Lipinski definition) is 3. The van der Waals surface area contributed by atoms with Crippen molar-refractivity contribution in [2.24, 2.45) is 0 Å². The van der Waals surface area contributed by atoms with Gasteiger partial charge in [-0.05, 0) is 30.2 Å². The molecule has 1 atom stereocenters. The summed E-state index contributed by atoms with van der Waals surface area (Å²) in [7, 11) is 0. The number of phenols is 1. The molecular formula is C18H18N2O2. The Kier molecular flexibility index (Phi) is 3.69. The number of hydrogen-bond acceptors (Lipinski definition) is 4. The SMILES string of the molecule is CC(=O)C1=CC(c2ccc(-c3ccc(O)cc3N)cc2)NC1. The van der Waals surface area contributed by atoms with Crippen LogP contribution in [0.25, 0.3) is 11.1 Å². The lowest BCUT2D eigenvalue weighted by molar-refractivity contribution is -0.113. The molecule has 1 aliphatic heterocycles. The number of nitrogens with two attached hydrogens (primary N) is 1. The molecule has 0 aliphatic carbocycles. The van der Waals surface area contributed by atoms with E-state index in [-0.39, 0.29) is 17.6 Å². The van der Waals surface area contributed by atoms with E-state index < -0.39 is 0 Å². The topological polar surface area (TPSA) is 75.3 Å². The van der Waals surface area contributed by atoms with Crippen molar-refractivity contribution in [2.45, 2.75) is 13.0 Å². The normalized spacial score (nSPS) is 17.3. The fraction of sp³-hybridized carbons (Fsp3) is 0.167. The lowest BCUT2D eigenvalue weighted by Crippen LogP contribution is -2.15. The number of Topliss-reactive ketones (excluding diaryl/α,β-unsaturated/α-hetero) is 1. The van der Waals surface area contributed by atoms with Gasteiger partial charge in [0.05, 0.1) is 6.04 Å². The molecule has 0 saturated carbocycles. The maximum absolute atomic E-state index is 11.4. The molecule has 1 aliphatic rings. The minimum Gasteiger partial charge on any atom is -0.508 e. The molecule has 4 nitrogen and oxygen atoms in total. The third-order valence-corrected chi connectivity index (χ3v) is 3.95. The van der Waals surface area contributed by atoms with E-state index >= 15 is 0 Å². The van der Waals surface area contributed by atoms with E-state index in [1.54, 1.807) is 25.1 Å². The number of anilines is 1. The third-order valence-electron chi connectivity index (χ3n) is 3.95. The lowest BCUT2D eigenvalue weighted by atomic mass is 9.99. The van der Waals surface area contributed by atoms with Gasteiger partial charge in [-0.1, -0.05) is 30.3 Å². The Morgan fingerprint density at radius 1 is 1.23 bits per heavy atom. The van der Waals surface area contributed by atoms with Crippen molar-refractivity contribution < 1.29 is 9.90 Å². The Balaban J connectivity index is 1.86. The quantitative estimate of drug-likeness (QED) is 0.761. The number of aromatic hydroxyl groups is 1. The van der Waals surface area contributed by atoms with Gasteiger partial charge in [0.15, 0.2) is 5.78 Å². The van der Waals surface area contributed by atoms with E-state index in [2.05, 4.69) is 5.32 Å². The molecule has 4 heteroatoms. The molecule has 4 N–H and O–H groups in total. The molecular weight excluding hydrogens is 276 g/mol. The average molecular weight is 294 g/mol. The van der Waals surface area contributed by atoms with E-state index in [0.29, 0.717) is 12.2 Å². The van der Waals surface area contributed by atoms with Crippen LogP contribution >= 0.6 is 0 Å². The minimum atomic E-state index is 0.0742. The Bertz CT molecular complexity index is 748. The Hall–Kier alpha value is -2.59. The standard InChI is InChI=1S/C18H18N2O2/c1-11(21)14-8-18(20-10-14)13-4-2-12(3-5-13)16-7-6-15(22)9-17(16)19/h2-9,18,20,22H,10,19H2,1H3. The summed E-state index contributed by atoms with van der Waals surface area (Å²) < 4.78 is 0. The molecule has 22 heavy (non-hydrogen) atoms. The molecule has 112 valence electrons. The van der Waals surface area contributed by atoms with Crippen LogP contribution in [-0.4, -0.2) is 17.4 Å². The second-order valence-electron chi connectivity index (χ2n) is 5.50. The van der Waals surface area contributed by atoms with Crippen molar-refractivity contribution in [3.8, 4) is 16.9 Å². The van der Waals surface area contributed by atoms with Crippen LogP contribution in [0, 0.1) is 0 Å². The number of nitrogens with one attached hydrogen (secondary N) is 1. The van der Waals surface area contributed by atoms with Crippen LogP contribution in [0.2, 0.25) is 0 Å². The monoisotopic (exact) mass is 294 g/mol. The molecule has 0 spiro atoms. The average Bonchev–Trinajstić information content (AvgIpc) is 2.98. The van der Waals surface area contributed by atoms with Crippen LogP contribution < -0.4 is 11.1 Å². The number of phenolic OH excluding ortho intramolecular Hbond substituents is 1. The summed E-state index contributed by atoms with van der Waals surface area (Å²) in [6.45, 7) is 2.21. The van der Waals surface area contributed by atoms with Crippen molar-refractivity contribution in [2.75, 3.05) is 12.3 Å². The number of rotatable bonds is 3. The van der Waals surface area contributed by atoms with Crippen molar-refractivity contribution in [1.82, 2.24) is 5.32 Å². The first kappa shape index (κ1) is 14.4. The molecule has 0 radical (unpaired) electrons. The lowest BCUT2D eigenvalue weighted by Gasteiger charge is -2.11. The third kappa shape index (κ3) is 2.73. The second kappa shape index (κ2) is 5.66. The van der Waals surface area contributed by atoms with Crippen LogP contribution in [-0.2, 0) is 4.79 Å². The highest BCUT2D eigenvalue weighted by atomic mass is 16.3. The van der Waals surface area contributed by atoms with Crippen molar-refractivity contribution in [3.05, 3.63) is 59.7 Å². The molecule has 1 heterocycles. The Labute approximate surface area is 129 Å². The molecule has 3 rings (SSSR count). The minimum absolute atomic E-state index is 0.0742. The zero-order valence-electron chi connectivity index (χ0n) is 12.3. The first-order chi connectivity index (χ1) is 10.5. The van der Waals surface area contributed by atoms with Crippen molar-refractivity contribution in [3.63, 3.8) is 0 Å². The van der Waals surface area contributed by atoms with Crippen molar-refractivity contribution >= 4 is 11.5 Å². The van der Waals surface area contributed by atoms with Crippen molar-refractivity contribution in [1.29, 1.82) is 0 Å². The van der Waals surface area contributed by atoms with Crippen LogP contribution in [0.1, 0.15) is 18.5 Å². The van der Waals surface area contributed by atoms with Gasteiger partial charge in [0.1, 0.15) is 5.75 Å². The first-order valence-corrected chi connectivity index (χ1v) is 7.18. The van der Waals surface area contributed by atoms with E-state index in [1.165, 1.54) is 0 Å². The fourth-order valence-corrected chi connectivity index (χ4v) is 2.68. The molecule has 0 amide bonds. The summed E-state index contributed by atoms with van der Waals surface area (Å²) in [5.41, 5.74) is 10.3. The largest absolute Gasteiger partial charge is 0.508 e. The molecule has 0 fully saturated rings. The molecule has 2 aromatic rings. The molecule has 0 saturated heterocycles. The van der Waals surface area contributed by atoms with Gasteiger partial charge in [-0.2, -0.15) is 0 Å². The number of nitrogen functional groups attached to an aromatic ring is 1. The van der Waals surface area contributed by atoms with Gasteiger partial charge < -0.3 is 16.2 Å². The highest BCUT2D eigenvalue weighted by Crippen LogP contribution is 2.30. The highest BCUT2D eigenvalue weighted by Gasteiger charge is 2.18. The number of carbonyl (C=O) groups excluding carboxylic acids is 1. The molecule has 0 bridgehead atoms. The smallest absolute Gasteiger partial charge is 0.156 e. The van der Waals surface area contributed by atoms with E-state index in [1.807, 2.05) is 30.3 Å².